The first-order chi connectivity index (χ1) is 15.0. The highest BCUT2D eigenvalue weighted by Gasteiger charge is 2.17. The van der Waals surface area contributed by atoms with E-state index in [0.29, 0.717) is 12.2 Å². The zero-order chi connectivity index (χ0) is 21.7. The number of rotatable bonds is 7. The molecule has 9 nitrogen and oxygen atoms in total. The molecule has 0 spiro atoms. The Balaban J connectivity index is 1.37. The maximum absolute atomic E-state index is 12.5. The summed E-state index contributed by atoms with van der Waals surface area (Å²) in [6.07, 6.45) is 6.52. The molecule has 1 amide bonds. The van der Waals surface area contributed by atoms with Gasteiger partial charge >= 0.3 is 0 Å². The predicted molar refractivity (Wildman–Crippen MR) is 115 cm³/mol. The van der Waals surface area contributed by atoms with Crippen molar-refractivity contribution in [2.24, 2.45) is 0 Å². The van der Waals surface area contributed by atoms with Crippen molar-refractivity contribution < 1.29 is 17.6 Å². The number of amides is 1. The first-order valence-electron chi connectivity index (χ1n) is 10.0. The average molecular weight is 442 g/mol. The third kappa shape index (κ3) is 5.47. The molecule has 3 aromatic rings. The Bertz CT molecular complexity index is 1120. The molecule has 1 aromatic carbocycles. The third-order valence-electron chi connectivity index (χ3n) is 4.93. The average Bonchev–Trinajstić information content (AvgIpc) is 3.24. The van der Waals surface area contributed by atoms with Gasteiger partial charge in [-0.15, -0.1) is 0 Å². The van der Waals surface area contributed by atoms with Gasteiger partial charge in [-0.3, -0.25) is 9.69 Å². The van der Waals surface area contributed by atoms with Gasteiger partial charge in [-0.25, -0.2) is 23.1 Å². The van der Waals surface area contributed by atoms with E-state index in [0.717, 1.165) is 18.8 Å². The molecule has 0 aliphatic carbocycles. The number of anilines is 2. The highest BCUT2D eigenvalue weighted by Crippen LogP contribution is 2.19. The molecule has 1 aliphatic heterocycles. The Kier molecular flexibility index (Phi) is 6.28. The van der Waals surface area contributed by atoms with Gasteiger partial charge in [0.15, 0.2) is 5.76 Å². The van der Waals surface area contributed by atoms with E-state index in [9.17, 15) is 13.2 Å². The molecule has 0 saturated carbocycles. The van der Waals surface area contributed by atoms with E-state index in [1.54, 1.807) is 12.1 Å². The normalized spacial score (nSPS) is 14.8. The molecule has 2 aromatic heterocycles. The lowest BCUT2D eigenvalue weighted by Crippen LogP contribution is -2.28. The maximum atomic E-state index is 12.5. The van der Waals surface area contributed by atoms with Crippen LogP contribution in [0, 0.1) is 0 Å². The fourth-order valence-corrected chi connectivity index (χ4v) is 4.32. The number of benzene rings is 1. The van der Waals surface area contributed by atoms with Gasteiger partial charge in [0.1, 0.15) is 5.76 Å². The van der Waals surface area contributed by atoms with Crippen molar-refractivity contribution in [2.45, 2.75) is 30.7 Å². The van der Waals surface area contributed by atoms with Crippen molar-refractivity contribution in [3.63, 3.8) is 0 Å². The fourth-order valence-electron chi connectivity index (χ4n) is 3.36. The highest BCUT2D eigenvalue weighted by atomic mass is 32.2. The van der Waals surface area contributed by atoms with E-state index in [1.807, 2.05) is 6.07 Å². The van der Waals surface area contributed by atoms with Gasteiger partial charge in [-0.05, 0) is 68.4 Å². The summed E-state index contributed by atoms with van der Waals surface area (Å²) in [4.78, 5) is 22.5. The molecule has 31 heavy (non-hydrogen) atoms. The minimum absolute atomic E-state index is 0.0157. The number of carbonyl (C=O) groups is 1. The molecule has 0 unspecified atom stereocenters. The zero-order valence-corrected chi connectivity index (χ0v) is 17.6. The summed E-state index contributed by atoms with van der Waals surface area (Å²) in [6.45, 7) is 2.78. The van der Waals surface area contributed by atoms with E-state index < -0.39 is 15.9 Å². The molecule has 162 valence electrons. The number of hydrogen-bond acceptors (Lipinski definition) is 7. The number of furan rings is 1. The van der Waals surface area contributed by atoms with Crippen LogP contribution >= 0.6 is 0 Å². The lowest BCUT2D eigenvalue weighted by molar-refractivity contribution is 0.0992. The van der Waals surface area contributed by atoms with Crippen molar-refractivity contribution in [1.82, 2.24) is 14.9 Å². The summed E-state index contributed by atoms with van der Waals surface area (Å²) in [5, 5.41) is 2.72. The molecule has 10 heteroatoms. The van der Waals surface area contributed by atoms with Gasteiger partial charge in [0, 0.05) is 18.1 Å². The molecule has 1 fully saturated rings. The quantitative estimate of drug-likeness (QED) is 0.578. The number of aromatic nitrogens is 2. The molecule has 0 bridgehead atoms. The van der Waals surface area contributed by atoms with Crippen molar-refractivity contribution in [3.8, 4) is 0 Å². The van der Waals surface area contributed by atoms with Crippen LogP contribution in [0.4, 0.5) is 11.6 Å². The Morgan fingerprint density at radius 2 is 1.71 bits per heavy atom. The number of piperidine rings is 1. The summed E-state index contributed by atoms with van der Waals surface area (Å²) in [7, 11) is -3.83. The van der Waals surface area contributed by atoms with E-state index in [-0.39, 0.29) is 16.6 Å². The Hall–Kier alpha value is -3.24. The van der Waals surface area contributed by atoms with E-state index in [2.05, 4.69) is 24.9 Å². The lowest BCUT2D eigenvalue weighted by atomic mass is 10.1. The summed E-state index contributed by atoms with van der Waals surface area (Å²) in [5.41, 5.74) is 0.453. The largest absolute Gasteiger partial charge is 0.455 e. The van der Waals surface area contributed by atoms with Crippen LogP contribution < -0.4 is 10.0 Å². The van der Waals surface area contributed by atoms with Crippen molar-refractivity contribution in [2.75, 3.05) is 23.1 Å². The second kappa shape index (κ2) is 9.27. The van der Waals surface area contributed by atoms with Gasteiger partial charge in [0.25, 0.3) is 15.9 Å². The van der Waals surface area contributed by atoms with Gasteiger partial charge in [-0.1, -0.05) is 6.42 Å². The SMILES string of the molecule is O=C(Nc1ccc(S(=O)(=O)Nc2ncccn2)cc1)c1ccc(CN2CCCCC2)o1. The smallest absolute Gasteiger partial charge is 0.291 e. The van der Waals surface area contributed by atoms with Crippen LogP contribution in [0.1, 0.15) is 35.6 Å². The number of sulfonamides is 1. The van der Waals surface area contributed by atoms with Crippen LogP contribution in [-0.4, -0.2) is 42.3 Å². The van der Waals surface area contributed by atoms with E-state index in [1.165, 1.54) is 55.9 Å². The molecule has 0 atom stereocenters. The molecule has 1 aliphatic rings. The standard InChI is InChI=1S/C21H23N5O4S/c27-20(19-10-7-17(30-19)15-26-13-2-1-3-14-26)24-16-5-8-18(9-6-16)31(28,29)25-21-22-11-4-12-23-21/h4-12H,1-3,13-15H2,(H,24,27)(H,22,23,25). The minimum Gasteiger partial charge on any atom is -0.455 e. The molecule has 3 heterocycles. The van der Waals surface area contributed by atoms with Crippen LogP contribution in [0.3, 0.4) is 0 Å². The number of likely N-dealkylation sites (tertiary alicyclic amines) is 1. The van der Waals surface area contributed by atoms with Crippen molar-refractivity contribution in [1.29, 1.82) is 0 Å². The Morgan fingerprint density at radius 3 is 2.42 bits per heavy atom. The Morgan fingerprint density at radius 1 is 1.00 bits per heavy atom. The summed E-state index contributed by atoms with van der Waals surface area (Å²) < 4.78 is 32.8. The minimum atomic E-state index is -3.83. The first kappa shape index (κ1) is 21.0. The fraction of sp³-hybridized carbons (Fsp3) is 0.286. The predicted octanol–water partition coefficient (Wildman–Crippen LogP) is 3.11. The monoisotopic (exact) mass is 441 g/mol. The van der Waals surface area contributed by atoms with Crippen LogP contribution in [0.2, 0.25) is 0 Å². The zero-order valence-electron chi connectivity index (χ0n) is 16.8. The van der Waals surface area contributed by atoms with Crippen molar-refractivity contribution in [3.05, 3.63) is 66.4 Å². The number of hydrogen-bond donors (Lipinski definition) is 2. The van der Waals surface area contributed by atoms with E-state index in [4.69, 9.17) is 4.42 Å². The summed E-state index contributed by atoms with van der Waals surface area (Å²) in [5.74, 6) is 0.559. The van der Waals surface area contributed by atoms with Gasteiger partial charge < -0.3 is 9.73 Å². The van der Waals surface area contributed by atoms with Gasteiger partial charge in [0.2, 0.25) is 5.95 Å². The summed E-state index contributed by atoms with van der Waals surface area (Å²) >= 11 is 0. The lowest BCUT2D eigenvalue weighted by Gasteiger charge is -2.25. The topological polar surface area (TPSA) is 117 Å². The van der Waals surface area contributed by atoms with Crippen molar-refractivity contribution >= 4 is 27.6 Å². The molecule has 1 saturated heterocycles. The molecule has 0 radical (unpaired) electrons. The van der Waals surface area contributed by atoms with Gasteiger partial charge in [0.05, 0.1) is 11.4 Å². The second-order valence-corrected chi connectivity index (χ2v) is 8.94. The maximum Gasteiger partial charge on any atom is 0.291 e. The van der Waals surface area contributed by atoms with Crippen LogP contribution in [0.5, 0.6) is 0 Å². The molecular weight excluding hydrogens is 418 g/mol. The Labute approximate surface area is 180 Å². The third-order valence-corrected chi connectivity index (χ3v) is 6.27. The number of carbonyl (C=O) groups excluding carboxylic acids is 1. The summed E-state index contributed by atoms with van der Waals surface area (Å²) in [6, 6.07) is 10.9. The van der Waals surface area contributed by atoms with Crippen LogP contribution in [0.25, 0.3) is 0 Å². The second-order valence-electron chi connectivity index (χ2n) is 7.26. The first-order valence-corrected chi connectivity index (χ1v) is 11.5. The van der Waals surface area contributed by atoms with Crippen LogP contribution in [0.15, 0.2) is 64.2 Å². The molecule has 2 N–H and O–H groups in total. The number of nitrogens with zero attached hydrogens (tertiary/aromatic N) is 3. The van der Waals surface area contributed by atoms with Crippen LogP contribution in [-0.2, 0) is 16.6 Å². The number of nitrogens with one attached hydrogen (secondary N) is 2. The van der Waals surface area contributed by atoms with Gasteiger partial charge in [-0.2, -0.15) is 0 Å². The van der Waals surface area contributed by atoms with E-state index >= 15 is 0 Å². The molecule has 4 rings (SSSR count). The molecular formula is C21H23N5O4S. The highest BCUT2D eigenvalue weighted by molar-refractivity contribution is 7.92.